The summed E-state index contributed by atoms with van der Waals surface area (Å²) >= 11 is 0. The Balaban J connectivity index is 0.000000412. The van der Waals surface area contributed by atoms with Crippen LogP contribution >= 0.6 is 0 Å². The van der Waals surface area contributed by atoms with Crippen LogP contribution in [0.2, 0.25) is 0 Å². The van der Waals surface area contributed by atoms with Gasteiger partial charge < -0.3 is 20.3 Å². The Hall–Kier alpha value is -2.79. The predicted molar refractivity (Wildman–Crippen MR) is 125 cm³/mol. The van der Waals surface area contributed by atoms with Crippen LogP contribution in [0.25, 0.3) is 0 Å². The first-order chi connectivity index (χ1) is 14.9. The zero-order valence-corrected chi connectivity index (χ0v) is 18.7. The third kappa shape index (κ3) is 8.85. The van der Waals surface area contributed by atoms with E-state index in [0.29, 0.717) is 19.3 Å². The fourth-order valence-corrected chi connectivity index (χ4v) is 3.57. The molecule has 0 spiro atoms. The van der Waals surface area contributed by atoms with Gasteiger partial charge in [0, 0.05) is 6.04 Å². The van der Waals surface area contributed by atoms with Crippen molar-refractivity contribution in [3.8, 4) is 11.5 Å². The molecule has 1 saturated carbocycles. The summed E-state index contributed by atoms with van der Waals surface area (Å²) in [6, 6.07) is 11.9. The van der Waals surface area contributed by atoms with Crippen LogP contribution in [0, 0.1) is 13.8 Å². The summed E-state index contributed by atoms with van der Waals surface area (Å²) in [6.45, 7) is 8.48. The third-order valence-electron chi connectivity index (χ3n) is 5.23. The van der Waals surface area contributed by atoms with Crippen molar-refractivity contribution in [3.05, 3.63) is 71.3 Å². The Bertz CT molecular complexity index is 856. The van der Waals surface area contributed by atoms with Gasteiger partial charge in [0.25, 0.3) is 0 Å². The number of aliphatic carboxylic acids is 1. The molecule has 0 heterocycles. The first kappa shape index (κ1) is 24.5. The van der Waals surface area contributed by atoms with Crippen molar-refractivity contribution in [2.45, 2.75) is 65.0 Å². The second-order valence-corrected chi connectivity index (χ2v) is 8.06. The third-order valence-corrected chi connectivity index (χ3v) is 5.23. The molecular weight excluding hydrogens is 390 g/mol. The lowest BCUT2D eigenvalue weighted by Gasteiger charge is -2.15. The Labute approximate surface area is 185 Å². The van der Waals surface area contributed by atoms with Crippen LogP contribution in [0.3, 0.4) is 0 Å². The van der Waals surface area contributed by atoms with E-state index in [1.165, 1.54) is 32.1 Å². The van der Waals surface area contributed by atoms with E-state index >= 15 is 0 Å². The van der Waals surface area contributed by atoms with E-state index in [-0.39, 0.29) is 6.42 Å². The zero-order chi connectivity index (χ0) is 22.6. The van der Waals surface area contributed by atoms with E-state index in [4.69, 9.17) is 20.3 Å². The fourth-order valence-electron chi connectivity index (χ4n) is 3.57. The topological polar surface area (TPSA) is 81.8 Å². The molecule has 0 unspecified atom stereocenters. The summed E-state index contributed by atoms with van der Waals surface area (Å²) in [4.78, 5) is 10.8. The summed E-state index contributed by atoms with van der Waals surface area (Å²) in [6.07, 6.45) is 8.40. The van der Waals surface area contributed by atoms with Gasteiger partial charge in [-0.05, 0) is 67.1 Å². The first-order valence-electron chi connectivity index (χ1n) is 10.9. The molecular formula is C26H35NO4. The van der Waals surface area contributed by atoms with Crippen LogP contribution in [0.15, 0.2) is 49.1 Å². The van der Waals surface area contributed by atoms with Gasteiger partial charge in [0.15, 0.2) is 0 Å². The molecule has 1 aliphatic carbocycles. The number of hydrogen-bond acceptors (Lipinski definition) is 4. The van der Waals surface area contributed by atoms with Gasteiger partial charge in [-0.3, -0.25) is 4.79 Å². The monoisotopic (exact) mass is 425 g/mol. The van der Waals surface area contributed by atoms with Crippen LogP contribution < -0.4 is 15.2 Å². The SMILES string of the molecule is C=CCOc1ccc(COc2ccc(CC(=O)O)cc2C)cc1C.NC1CCCCC1. The number of carbonyl (C=O) groups is 1. The van der Waals surface area contributed by atoms with Gasteiger partial charge in [-0.25, -0.2) is 0 Å². The number of hydrogen-bond donors (Lipinski definition) is 2. The molecule has 5 nitrogen and oxygen atoms in total. The molecule has 0 atom stereocenters. The van der Waals surface area contributed by atoms with Crippen LogP contribution in [0.5, 0.6) is 11.5 Å². The van der Waals surface area contributed by atoms with Gasteiger partial charge in [0.05, 0.1) is 6.42 Å². The number of ether oxygens (including phenoxy) is 2. The van der Waals surface area contributed by atoms with Crippen molar-refractivity contribution in [3.63, 3.8) is 0 Å². The average Bonchev–Trinajstić information content (AvgIpc) is 2.73. The Morgan fingerprint density at radius 1 is 1.03 bits per heavy atom. The van der Waals surface area contributed by atoms with Crippen molar-refractivity contribution in [1.82, 2.24) is 0 Å². The van der Waals surface area contributed by atoms with Crippen molar-refractivity contribution >= 4 is 5.97 Å². The Kier molecular flexibility index (Phi) is 10.1. The molecule has 2 aromatic rings. The van der Waals surface area contributed by atoms with Gasteiger partial charge in [-0.1, -0.05) is 50.1 Å². The second-order valence-electron chi connectivity index (χ2n) is 8.06. The molecule has 3 N–H and O–H groups in total. The number of carboxylic acid groups (broad SMARTS) is 1. The summed E-state index contributed by atoms with van der Waals surface area (Å²) < 4.78 is 11.4. The maximum Gasteiger partial charge on any atom is 0.307 e. The zero-order valence-electron chi connectivity index (χ0n) is 18.7. The maximum atomic E-state index is 10.8. The second kappa shape index (κ2) is 12.8. The number of aryl methyl sites for hydroxylation is 2. The number of carboxylic acids is 1. The summed E-state index contributed by atoms with van der Waals surface area (Å²) in [5, 5.41) is 8.83. The number of nitrogens with two attached hydrogens (primary N) is 1. The molecule has 0 aromatic heterocycles. The average molecular weight is 426 g/mol. The van der Waals surface area contributed by atoms with E-state index in [1.54, 1.807) is 12.1 Å². The maximum absolute atomic E-state index is 10.8. The van der Waals surface area contributed by atoms with Crippen molar-refractivity contribution in [2.75, 3.05) is 6.61 Å². The molecule has 0 saturated heterocycles. The standard InChI is InChI=1S/C20H22O4.C6H13N/c1-4-9-23-18-8-6-17(11-15(18)3)13-24-19-7-5-16(10-14(19)2)12-20(21)22;7-6-4-2-1-3-5-6/h4-8,10-11H,1,9,12-13H2,2-3H3,(H,21,22);6H,1-5,7H2. The lowest BCUT2D eigenvalue weighted by Crippen LogP contribution is -2.22. The molecule has 5 heteroatoms. The highest BCUT2D eigenvalue weighted by Crippen LogP contribution is 2.23. The lowest BCUT2D eigenvalue weighted by atomic mass is 9.97. The highest BCUT2D eigenvalue weighted by molar-refractivity contribution is 5.70. The van der Waals surface area contributed by atoms with E-state index in [0.717, 1.165) is 33.8 Å². The van der Waals surface area contributed by atoms with Gasteiger partial charge in [-0.2, -0.15) is 0 Å². The first-order valence-corrected chi connectivity index (χ1v) is 10.9. The van der Waals surface area contributed by atoms with Gasteiger partial charge >= 0.3 is 5.97 Å². The normalized spacial score (nSPS) is 13.6. The summed E-state index contributed by atoms with van der Waals surface area (Å²) in [7, 11) is 0. The molecule has 2 aromatic carbocycles. The molecule has 0 bridgehead atoms. The molecule has 1 fully saturated rings. The Morgan fingerprint density at radius 3 is 2.13 bits per heavy atom. The van der Waals surface area contributed by atoms with Crippen LogP contribution in [0.1, 0.15) is 54.4 Å². The van der Waals surface area contributed by atoms with Crippen molar-refractivity contribution < 1.29 is 19.4 Å². The van der Waals surface area contributed by atoms with Gasteiger partial charge in [0.2, 0.25) is 0 Å². The molecule has 1 aliphatic rings. The summed E-state index contributed by atoms with van der Waals surface area (Å²) in [5.74, 6) is 0.763. The van der Waals surface area contributed by atoms with Gasteiger partial charge in [0.1, 0.15) is 24.7 Å². The minimum atomic E-state index is -0.836. The van der Waals surface area contributed by atoms with Crippen LogP contribution in [-0.2, 0) is 17.8 Å². The molecule has 0 aliphatic heterocycles. The molecule has 3 rings (SSSR count). The van der Waals surface area contributed by atoms with E-state index in [9.17, 15) is 4.79 Å². The highest BCUT2D eigenvalue weighted by Gasteiger charge is 2.07. The minimum Gasteiger partial charge on any atom is -0.489 e. The van der Waals surface area contributed by atoms with Crippen molar-refractivity contribution in [2.24, 2.45) is 5.73 Å². The molecule has 31 heavy (non-hydrogen) atoms. The summed E-state index contributed by atoms with van der Waals surface area (Å²) in [5.41, 5.74) is 9.43. The van der Waals surface area contributed by atoms with E-state index in [1.807, 2.05) is 44.2 Å². The van der Waals surface area contributed by atoms with E-state index < -0.39 is 5.97 Å². The minimum absolute atomic E-state index is 0.0203. The number of benzene rings is 2. The predicted octanol–water partition coefficient (Wildman–Crippen LogP) is 5.35. The van der Waals surface area contributed by atoms with Crippen LogP contribution in [0.4, 0.5) is 0 Å². The number of rotatable bonds is 8. The highest BCUT2D eigenvalue weighted by atomic mass is 16.5. The van der Waals surface area contributed by atoms with Crippen molar-refractivity contribution in [1.29, 1.82) is 0 Å². The smallest absolute Gasteiger partial charge is 0.307 e. The van der Waals surface area contributed by atoms with E-state index in [2.05, 4.69) is 6.58 Å². The van der Waals surface area contributed by atoms with Crippen LogP contribution in [-0.4, -0.2) is 23.7 Å². The molecule has 168 valence electrons. The molecule has 0 amide bonds. The lowest BCUT2D eigenvalue weighted by molar-refractivity contribution is -0.136. The molecule has 0 radical (unpaired) electrons. The quantitative estimate of drug-likeness (QED) is 0.557. The van der Waals surface area contributed by atoms with Gasteiger partial charge in [-0.15, -0.1) is 0 Å². The Morgan fingerprint density at radius 2 is 1.61 bits per heavy atom. The largest absolute Gasteiger partial charge is 0.489 e. The fraction of sp³-hybridized carbons (Fsp3) is 0.423.